The number of fused-ring (bicyclic) bond motifs is 1. The lowest BCUT2D eigenvalue weighted by atomic mass is 9.95. The van der Waals surface area contributed by atoms with Gasteiger partial charge in [0.25, 0.3) is 5.56 Å². The topological polar surface area (TPSA) is 114 Å². The molecule has 11 heteroatoms. The van der Waals surface area contributed by atoms with Crippen molar-refractivity contribution in [2.75, 3.05) is 13.7 Å². The summed E-state index contributed by atoms with van der Waals surface area (Å²) in [5.74, 6) is -0.601. The third-order valence-electron chi connectivity index (χ3n) is 7.37. The minimum atomic E-state index is -0.877. The zero-order valence-corrected chi connectivity index (χ0v) is 26.4. The van der Waals surface area contributed by atoms with Gasteiger partial charge in [-0.15, -0.1) is 0 Å². The molecular weight excluding hydrogens is 604 g/mol. The second-order valence-electron chi connectivity index (χ2n) is 10.4. The minimum Gasteiger partial charge on any atom is -0.493 e. The number of carbonyl (C=O) groups is 2. The van der Waals surface area contributed by atoms with Gasteiger partial charge in [-0.2, -0.15) is 5.10 Å². The summed E-state index contributed by atoms with van der Waals surface area (Å²) in [5.41, 5.74) is 4.10. The van der Waals surface area contributed by atoms with Crippen molar-refractivity contribution in [3.8, 4) is 28.4 Å². The van der Waals surface area contributed by atoms with Crippen LogP contribution in [0.4, 0.5) is 0 Å². The first-order valence-electron chi connectivity index (χ1n) is 14.6. The number of ether oxygens (including phenoxy) is 3. The van der Waals surface area contributed by atoms with E-state index in [9.17, 15) is 14.4 Å². The predicted octanol–water partition coefficient (Wildman–Crippen LogP) is 4.58. The summed E-state index contributed by atoms with van der Waals surface area (Å²) in [5, 5.41) is 4.88. The molecule has 0 amide bonds. The third kappa shape index (κ3) is 5.80. The molecule has 1 aliphatic heterocycles. The molecule has 10 nitrogen and oxygen atoms in total. The van der Waals surface area contributed by atoms with Crippen LogP contribution in [0.1, 0.15) is 37.9 Å². The van der Waals surface area contributed by atoms with Gasteiger partial charge in [-0.05, 0) is 49.8 Å². The van der Waals surface area contributed by atoms with Crippen LogP contribution in [0.5, 0.6) is 11.5 Å². The van der Waals surface area contributed by atoms with Gasteiger partial charge in [-0.25, -0.2) is 14.5 Å². The summed E-state index contributed by atoms with van der Waals surface area (Å²) in [7, 11) is 1.45. The Bertz CT molecular complexity index is 2160. The molecule has 46 heavy (non-hydrogen) atoms. The van der Waals surface area contributed by atoms with E-state index in [1.807, 2.05) is 72.9 Å². The van der Waals surface area contributed by atoms with E-state index in [1.165, 1.54) is 29.9 Å². The Kier molecular flexibility index (Phi) is 8.49. The molecule has 0 saturated carbocycles. The molecule has 0 fully saturated rings. The number of para-hydroxylation sites is 1. The SMILES string of the molecule is CCOC(=O)C1=C(C)N=c2sc(=Cc3cn(-c4ccccc4)nc3-c3ccccc3)c(=O)n2C1c1ccc(OC(C)=O)c(OC)c1. The summed E-state index contributed by atoms with van der Waals surface area (Å²) < 4.78 is 19.9. The number of thiazole rings is 1. The van der Waals surface area contributed by atoms with E-state index in [-0.39, 0.29) is 29.2 Å². The molecule has 0 radical (unpaired) electrons. The second-order valence-corrected chi connectivity index (χ2v) is 11.4. The second kappa shape index (κ2) is 12.8. The smallest absolute Gasteiger partial charge is 0.338 e. The first-order valence-corrected chi connectivity index (χ1v) is 15.4. The first-order chi connectivity index (χ1) is 22.3. The first kappa shape index (κ1) is 30.5. The van der Waals surface area contributed by atoms with Gasteiger partial charge in [0.2, 0.25) is 0 Å². The Morgan fingerprint density at radius 3 is 2.39 bits per heavy atom. The largest absolute Gasteiger partial charge is 0.493 e. The number of esters is 2. The fourth-order valence-electron chi connectivity index (χ4n) is 5.37. The molecular formula is C35H30N4O6S. The van der Waals surface area contributed by atoms with Crippen LogP contribution in [-0.2, 0) is 14.3 Å². The molecule has 0 saturated heterocycles. The third-order valence-corrected chi connectivity index (χ3v) is 8.35. The molecule has 0 spiro atoms. The van der Waals surface area contributed by atoms with Gasteiger partial charge in [0.1, 0.15) is 0 Å². The van der Waals surface area contributed by atoms with E-state index in [2.05, 4.69) is 4.99 Å². The lowest BCUT2D eigenvalue weighted by Gasteiger charge is -2.25. The molecule has 0 aliphatic carbocycles. The molecule has 1 atom stereocenters. The maximum atomic E-state index is 14.3. The zero-order valence-electron chi connectivity index (χ0n) is 25.6. The Hall–Kier alpha value is -5.55. The van der Waals surface area contributed by atoms with Crippen LogP contribution in [0.15, 0.2) is 106 Å². The maximum Gasteiger partial charge on any atom is 0.338 e. The molecule has 0 N–H and O–H groups in total. The van der Waals surface area contributed by atoms with Crippen molar-refractivity contribution in [3.05, 3.63) is 127 Å². The van der Waals surface area contributed by atoms with E-state index in [1.54, 1.807) is 36.7 Å². The molecule has 2 aromatic heterocycles. The number of allylic oxidation sites excluding steroid dienone is 1. The van der Waals surface area contributed by atoms with Crippen molar-refractivity contribution in [2.24, 2.45) is 4.99 Å². The molecule has 5 aromatic rings. The Morgan fingerprint density at radius 1 is 1.00 bits per heavy atom. The van der Waals surface area contributed by atoms with Gasteiger partial charge in [-0.3, -0.25) is 14.2 Å². The minimum absolute atomic E-state index is 0.148. The van der Waals surface area contributed by atoms with Gasteiger partial charge in [0.15, 0.2) is 16.3 Å². The van der Waals surface area contributed by atoms with Crippen LogP contribution in [0.3, 0.4) is 0 Å². The quantitative estimate of drug-likeness (QED) is 0.181. The van der Waals surface area contributed by atoms with Gasteiger partial charge >= 0.3 is 11.9 Å². The van der Waals surface area contributed by atoms with Gasteiger partial charge in [-0.1, -0.05) is 65.9 Å². The van der Waals surface area contributed by atoms with Crippen molar-refractivity contribution in [3.63, 3.8) is 0 Å². The molecule has 3 heterocycles. The van der Waals surface area contributed by atoms with Crippen molar-refractivity contribution >= 4 is 29.4 Å². The number of rotatable bonds is 8. The summed E-state index contributed by atoms with van der Waals surface area (Å²) in [4.78, 5) is 44.4. The van der Waals surface area contributed by atoms with Crippen LogP contribution in [-0.4, -0.2) is 40.0 Å². The van der Waals surface area contributed by atoms with Crippen LogP contribution >= 0.6 is 11.3 Å². The highest BCUT2D eigenvalue weighted by Crippen LogP contribution is 2.36. The van der Waals surface area contributed by atoms with E-state index in [0.717, 1.165) is 16.8 Å². The molecule has 1 unspecified atom stereocenters. The number of hydrogen-bond acceptors (Lipinski definition) is 9. The maximum absolute atomic E-state index is 14.3. The lowest BCUT2D eigenvalue weighted by molar-refractivity contribution is -0.139. The number of aromatic nitrogens is 3. The van der Waals surface area contributed by atoms with Gasteiger partial charge in [0.05, 0.1) is 46.9 Å². The van der Waals surface area contributed by atoms with Crippen molar-refractivity contribution in [2.45, 2.75) is 26.8 Å². The summed E-state index contributed by atoms with van der Waals surface area (Å²) in [6.07, 6.45) is 3.70. The van der Waals surface area contributed by atoms with E-state index >= 15 is 0 Å². The van der Waals surface area contributed by atoms with Gasteiger partial charge in [0, 0.05) is 24.2 Å². The lowest BCUT2D eigenvalue weighted by Crippen LogP contribution is -2.40. The Balaban J connectivity index is 1.55. The number of hydrogen-bond donors (Lipinski definition) is 0. The monoisotopic (exact) mass is 634 g/mol. The zero-order chi connectivity index (χ0) is 32.4. The number of carbonyl (C=O) groups excluding carboxylic acids is 2. The highest BCUT2D eigenvalue weighted by Gasteiger charge is 2.34. The number of methoxy groups -OCH3 is 1. The molecule has 0 bridgehead atoms. The van der Waals surface area contributed by atoms with Crippen LogP contribution in [0, 0.1) is 0 Å². The summed E-state index contributed by atoms with van der Waals surface area (Å²) in [6.45, 7) is 4.88. The van der Waals surface area contributed by atoms with Crippen molar-refractivity contribution in [1.82, 2.24) is 14.3 Å². The van der Waals surface area contributed by atoms with Crippen molar-refractivity contribution in [1.29, 1.82) is 0 Å². The standard InChI is InChI=1S/C35H30N4O6S/c1-5-44-34(42)30-21(2)36-35-39(32(30)24-16-17-27(45-22(3)40)28(18-24)43-4)33(41)29(46-35)19-25-20-38(26-14-10-7-11-15-26)37-31(25)23-12-8-6-9-13-23/h6-20,32H,5H2,1-4H3. The normalized spacial score (nSPS) is 14.4. The van der Waals surface area contributed by atoms with Crippen LogP contribution in [0.25, 0.3) is 23.0 Å². The fraction of sp³-hybridized carbons (Fsp3) is 0.171. The molecule has 3 aromatic carbocycles. The average Bonchev–Trinajstić information content (AvgIpc) is 3.61. The van der Waals surface area contributed by atoms with E-state index in [0.29, 0.717) is 26.3 Å². The molecule has 6 rings (SSSR count). The highest BCUT2D eigenvalue weighted by atomic mass is 32.1. The Labute approximate surface area is 268 Å². The van der Waals surface area contributed by atoms with Gasteiger partial charge < -0.3 is 14.2 Å². The number of benzene rings is 3. The van der Waals surface area contributed by atoms with Crippen LogP contribution in [0.2, 0.25) is 0 Å². The molecule has 1 aliphatic rings. The van der Waals surface area contributed by atoms with E-state index in [4.69, 9.17) is 19.3 Å². The van der Waals surface area contributed by atoms with E-state index < -0.39 is 18.0 Å². The number of nitrogens with zero attached hydrogens (tertiary/aromatic N) is 4. The van der Waals surface area contributed by atoms with Crippen molar-refractivity contribution < 1.29 is 23.8 Å². The highest BCUT2D eigenvalue weighted by molar-refractivity contribution is 7.07. The predicted molar refractivity (Wildman–Crippen MR) is 174 cm³/mol. The fourth-order valence-corrected chi connectivity index (χ4v) is 6.41. The molecule has 232 valence electrons. The Morgan fingerprint density at radius 2 is 1.72 bits per heavy atom. The average molecular weight is 635 g/mol. The van der Waals surface area contributed by atoms with Crippen LogP contribution < -0.4 is 24.4 Å². The summed E-state index contributed by atoms with van der Waals surface area (Å²) in [6, 6.07) is 23.5. The summed E-state index contributed by atoms with van der Waals surface area (Å²) >= 11 is 1.22.